The van der Waals surface area contributed by atoms with Crippen molar-refractivity contribution in [1.82, 2.24) is 0 Å². The van der Waals surface area contributed by atoms with Crippen molar-refractivity contribution in [3.63, 3.8) is 0 Å². The Balaban J connectivity index is 1.36. The van der Waals surface area contributed by atoms with Crippen molar-refractivity contribution < 1.29 is 13.4 Å². The zero-order valence-corrected chi connectivity index (χ0v) is 28.7. The van der Waals surface area contributed by atoms with Crippen LogP contribution in [0.15, 0.2) is 120 Å². The number of aromatic nitrogens is 1. The van der Waals surface area contributed by atoms with E-state index in [9.17, 15) is 5.26 Å². The molecule has 0 fully saturated rings. The molecule has 0 radical (unpaired) electrons. The van der Waals surface area contributed by atoms with Gasteiger partial charge in [-0.15, -0.1) is 0 Å². The molecule has 0 saturated carbocycles. The summed E-state index contributed by atoms with van der Waals surface area (Å²) in [6.07, 6.45) is 1.60. The second-order valence-electron chi connectivity index (χ2n) is 13.0. The Morgan fingerprint density at radius 3 is 1.76 bits per heavy atom. The van der Waals surface area contributed by atoms with Crippen LogP contribution in [-0.4, -0.2) is 13.3 Å². The van der Waals surface area contributed by atoms with Gasteiger partial charge in [0.05, 0.1) is 0 Å². The van der Waals surface area contributed by atoms with Gasteiger partial charge in [0.25, 0.3) is 0 Å². The molecule has 46 heavy (non-hydrogen) atoms. The Bertz CT molecular complexity index is 2310. The number of hydrogen-bond acceptors (Lipinski definition) is 2. The first kappa shape index (κ1) is 29.7. The van der Waals surface area contributed by atoms with Crippen LogP contribution in [0, 0.1) is 24.1 Å². The summed E-state index contributed by atoms with van der Waals surface area (Å²) >= 11 is -2.50. The fourth-order valence-electron chi connectivity index (χ4n) is 6.46. The van der Waals surface area contributed by atoms with Gasteiger partial charge >= 0.3 is 201 Å². The molecule has 2 heterocycles. The third-order valence-electron chi connectivity index (χ3n) is 8.93. The van der Waals surface area contributed by atoms with Crippen molar-refractivity contribution in [3.05, 3.63) is 132 Å². The summed E-state index contributed by atoms with van der Waals surface area (Å²) < 4.78 is 24.6. The van der Waals surface area contributed by atoms with E-state index in [-0.39, 0.29) is 5.82 Å². The van der Waals surface area contributed by atoms with E-state index < -0.39 is 13.3 Å². The molecule has 7 rings (SSSR count). The zero-order valence-electron chi connectivity index (χ0n) is 26.7. The Morgan fingerprint density at radius 2 is 1.20 bits per heavy atom. The molecule has 0 bridgehead atoms. The third kappa shape index (κ3) is 5.11. The minimum absolute atomic E-state index is 0.148. The van der Waals surface area contributed by atoms with Crippen molar-refractivity contribution in [2.45, 2.75) is 24.2 Å². The predicted octanol–water partition coefficient (Wildman–Crippen LogP) is 9.94. The summed E-state index contributed by atoms with van der Waals surface area (Å²) in [5.74, 6) is 6.47. The average molecular weight is 662 g/mol. The zero-order chi connectivity index (χ0) is 32.2. The SMILES string of the molecule is Cc1ccc2c(oc3c(-c4ccc(-c5ccc(-c6ccccc6)cc5)cc4)c(C#N)ccc32)c1-c1c[c]([Ge]([CH3])([CH3])[CH3])c(F)c[n+]1C. The fraction of sp³-hybridized carbons (Fsp3) is 0.122. The number of nitrogens with zero attached hydrogens (tertiary/aromatic N) is 2. The Hall–Kier alpha value is -4.99. The maximum absolute atomic E-state index is 15.1. The number of nitriles is 1. The van der Waals surface area contributed by atoms with Crippen LogP contribution < -0.4 is 8.96 Å². The van der Waals surface area contributed by atoms with E-state index >= 15 is 4.39 Å². The van der Waals surface area contributed by atoms with Gasteiger partial charge in [-0.05, 0) is 16.7 Å². The Kier molecular flexibility index (Phi) is 7.38. The number of furan rings is 1. The molecule has 0 spiro atoms. The van der Waals surface area contributed by atoms with Gasteiger partial charge in [-0.25, -0.2) is 0 Å². The number of benzene rings is 5. The van der Waals surface area contributed by atoms with Gasteiger partial charge in [0.15, 0.2) is 0 Å². The van der Waals surface area contributed by atoms with Crippen LogP contribution in [0.3, 0.4) is 0 Å². The molecular formula is C41H34FGeN2O+. The summed E-state index contributed by atoms with van der Waals surface area (Å²) in [7, 11) is 1.88. The van der Waals surface area contributed by atoms with Crippen LogP contribution in [0.25, 0.3) is 66.6 Å². The van der Waals surface area contributed by atoms with Crippen LogP contribution >= 0.6 is 0 Å². The minimum atomic E-state index is -2.50. The number of fused-ring (bicyclic) bond motifs is 3. The topological polar surface area (TPSA) is 40.8 Å². The molecule has 0 aliphatic carbocycles. The summed E-state index contributed by atoms with van der Waals surface area (Å²) in [6, 6.07) is 39.7. The van der Waals surface area contributed by atoms with Gasteiger partial charge in [0, 0.05) is 0 Å². The normalized spacial score (nSPS) is 11.7. The Labute approximate surface area is 271 Å². The molecule has 7 aromatic rings. The number of halogens is 1. The molecule has 0 amide bonds. The molecular weight excluding hydrogens is 628 g/mol. The van der Waals surface area contributed by atoms with E-state index in [4.69, 9.17) is 4.42 Å². The molecule has 0 atom stereocenters. The first-order valence-corrected chi connectivity index (χ1v) is 22.8. The maximum atomic E-state index is 15.1. The van der Waals surface area contributed by atoms with Crippen LogP contribution in [0.1, 0.15) is 11.1 Å². The van der Waals surface area contributed by atoms with Gasteiger partial charge in [-0.2, -0.15) is 0 Å². The molecule has 5 aromatic carbocycles. The van der Waals surface area contributed by atoms with Gasteiger partial charge in [-0.3, -0.25) is 0 Å². The van der Waals surface area contributed by atoms with Crippen LogP contribution in [-0.2, 0) is 7.05 Å². The first-order valence-electron chi connectivity index (χ1n) is 15.5. The van der Waals surface area contributed by atoms with Gasteiger partial charge < -0.3 is 0 Å². The molecule has 0 unspecified atom stereocenters. The number of hydrogen-bond donors (Lipinski definition) is 0. The van der Waals surface area contributed by atoms with Crippen LogP contribution in [0.5, 0.6) is 0 Å². The van der Waals surface area contributed by atoms with Crippen LogP contribution in [0.2, 0.25) is 17.3 Å². The second kappa shape index (κ2) is 11.4. The number of aryl methyl sites for hydroxylation is 2. The summed E-state index contributed by atoms with van der Waals surface area (Å²) in [4.78, 5) is 0. The molecule has 5 heteroatoms. The van der Waals surface area contributed by atoms with Crippen molar-refractivity contribution in [3.8, 4) is 50.7 Å². The van der Waals surface area contributed by atoms with Crippen molar-refractivity contribution in [2.75, 3.05) is 0 Å². The molecule has 224 valence electrons. The van der Waals surface area contributed by atoms with E-state index in [1.54, 1.807) is 6.20 Å². The number of pyridine rings is 1. The molecule has 0 N–H and O–H groups in total. The molecule has 2 aromatic heterocycles. The summed E-state index contributed by atoms with van der Waals surface area (Å²) in [6.45, 7) is 2.07. The van der Waals surface area contributed by atoms with Crippen molar-refractivity contribution in [1.29, 1.82) is 5.26 Å². The van der Waals surface area contributed by atoms with E-state index in [2.05, 4.69) is 115 Å². The third-order valence-corrected chi connectivity index (χ3v) is 13.1. The standard InChI is InChI=1S/C41H34FGeN2O/c1-26-11-21-33-34-22-20-32(24-44)39(41(34)46-40(33)38(26)37-23-36(43(2,3)4)35(42)25-45(37)5)31-18-16-30(17-19-31)29-14-12-28(13-15-29)27-9-7-6-8-10-27/h6-23,25H,1-5H3/q+1. The van der Waals surface area contributed by atoms with Crippen molar-refractivity contribution in [2.24, 2.45) is 7.05 Å². The van der Waals surface area contributed by atoms with E-state index in [1.807, 2.05) is 35.9 Å². The van der Waals surface area contributed by atoms with E-state index in [0.29, 0.717) is 11.1 Å². The van der Waals surface area contributed by atoms with E-state index in [0.717, 1.165) is 59.8 Å². The summed E-state index contributed by atoms with van der Waals surface area (Å²) in [5, 5.41) is 12.1. The molecule has 0 aliphatic rings. The average Bonchev–Trinajstić information content (AvgIpc) is 3.43. The van der Waals surface area contributed by atoms with Crippen molar-refractivity contribution >= 4 is 39.6 Å². The second-order valence-corrected chi connectivity index (χ2v) is 23.6. The first-order chi connectivity index (χ1) is 22.1. The van der Waals surface area contributed by atoms with Gasteiger partial charge in [0.1, 0.15) is 0 Å². The monoisotopic (exact) mass is 663 g/mol. The van der Waals surface area contributed by atoms with Gasteiger partial charge in [-0.1, -0.05) is 54.6 Å². The molecule has 0 aliphatic heterocycles. The number of rotatable bonds is 5. The fourth-order valence-corrected chi connectivity index (χ4v) is 9.29. The Morgan fingerprint density at radius 1 is 0.674 bits per heavy atom. The van der Waals surface area contributed by atoms with Gasteiger partial charge in [0.2, 0.25) is 0 Å². The quantitative estimate of drug-likeness (QED) is 0.136. The predicted molar refractivity (Wildman–Crippen MR) is 189 cm³/mol. The molecule has 0 saturated heterocycles. The summed E-state index contributed by atoms with van der Waals surface area (Å²) in [5.41, 5.74) is 11.2. The van der Waals surface area contributed by atoms with E-state index in [1.165, 1.54) is 11.1 Å². The van der Waals surface area contributed by atoms with Crippen LogP contribution in [0.4, 0.5) is 4.39 Å². The molecule has 3 nitrogen and oxygen atoms in total.